The highest BCUT2D eigenvalue weighted by molar-refractivity contribution is 7.14. The maximum Gasteiger partial charge on any atom is 0.328 e. The first-order valence-electron chi connectivity index (χ1n) is 11.8. The molecule has 8 nitrogen and oxygen atoms in total. The predicted molar refractivity (Wildman–Crippen MR) is 126 cm³/mol. The van der Waals surface area contributed by atoms with E-state index in [2.05, 4.69) is 17.6 Å². The minimum atomic E-state index is -2.56. The Morgan fingerprint density at radius 3 is 2.23 bits per heavy atom. The van der Waals surface area contributed by atoms with Crippen LogP contribution in [0.25, 0.3) is 0 Å². The highest BCUT2D eigenvalue weighted by Gasteiger charge is 2.41. The van der Waals surface area contributed by atoms with Gasteiger partial charge in [-0.25, -0.2) is 18.4 Å². The van der Waals surface area contributed by atoms with Crippen LogP contribution < -0.4 is 10.6 Å². The molecule has 4 rings (SSSR count). The summed E-state index contributed by atoms with van der Waals surface area (Å²) in [6.45, 7) is 3.75. The molecule has 1 aromatic heterocycles. The van der Waals surface area contributed by atoms with Crippen LogP contribution >= 0.6 is 11.3 Å². The summed E-state index contributed by atoms with van der Waals surface area (Å²) in [5.74, 6) is -4.70. The van der Waals surface area contributed by atoms with Gasteiger partial charge in [-0.15, -0.1) is 11.3 Å². The average Bonchev–Trinajstić information content (AvgIpc) is 3.44. The fourth-order valence-electron chi connectivity index (χ4n) is 4.45. The second-order valence-electron chi connectivity index (χ2n) is 9.24. The van der Waals surface area contributed by atoms with E-state index in [1.165, 1.54) is 21.8 Å². The van der Waals surface area contributed by atoms with Crippen LogP contribution in [0.4, 0.5) is 8.78 Å². The van der Waals surface area contributed by atoms with Crippen molar-refractivity contribution in [1.82, 2.24) is 10.6 Å². The fraction of sp³-hybridized carbons (Fsp3) is 0.625. The van der Waals surface area contributed by atoms with Crippen molar-refractivity contribution in [3.8, 4) is 0 Å². The van der Waals surface area contributed by atoms with Gasteiger partial charge in [-0.2, -0.15) is 0 Å². The molecule has 2 aliphatic carbocycles. The topological polar surface area (TPSA) is 125 Å². The third kappa shape index (κ3) is 8.66. The van der Waals surface area contributed by atoms with Gasteiger partial charge in [0.25, 0.3) is 5.91 Å². The summed E-state index contributed by atoms with van der Waals surface area (Å²) in [6.07, 6.45) is 4.83. The van der Waals surface area contributed by atoms with E-state index in [1.807, 2.05) is 6.07 Å². The molecule has 1 aromatic rings. The van der Waals surface area contributed by atoms with Gasteiger partial charge in [0.1, 0.15) is 0 Å². The fourth-order valence-corrected chi connectivity index (χ4v) is 5.45. The summed E-state index contributed by atoms with van der Waals surface area (Å²) in [7, 11) is 0. The molecule has 0 spiro atoms. The molecule has 11 heteroatoms. The third-order valence-electron chi connectivity index (χ3n) is 6.46. The number of nitrogens with one attached hydrogen (secondary N) is 2. The molecule has 35 heavy (non-hydrogen) atoms. The molecular formula is C24H32F2N2O6S. The molecule has 3 aliphatic rings. The first kappa shape index (κ1) is 27.2. The van der Waals surface area contributed by atoms with E-state index in [0.717, 1.165) is 32.5 Å². The summed E-state index contributed by atoms with van der Waals surface area (Å²) >= 11 is 1.52. The molecule has 4 N–H and O–H groups in total. The molecule has 0 radical (unpaired) electrons. The number of halogens is 2. The molecule has 194 valence electrons. The Balaban J connectivity index is 0.000000371. The summed E-state index contributed by atoms with van der Waals surface area (Å²) in [4.78, 5) is 33.6. The van der Waals surface area contributed by atoms with E-state index >= 15 is 0 Å². The SMILES string of the molecule is Cc1sc(C(=O)NC2CCC(F)(F)CC2)cc1[C@H]1C[C@@H]1NC1CCOCC1.O=C(O)/C=C/C(=O)O. The number of amides is 1. The summed E-state index contributed by atoms with van der Waals surface area (Å²) in [5, 5.41) is 22.3. The lowest BCUT2D eigenvalue weighted by Crippen LogP contribution is -2.40. The molecular weight excluding hydrogens is 482 g/mol. The lowest BCUT2D eigenvalue weighted by Gasteiger charge is -2.28. The smallest absolute Gasteiger partial charge is 0.328 e. The van der Waals surface area contributed by atoms with Crippen LogP contribution in [0.1, 0.15) is 71.0 Å². The van der Waals surface area contributed by atoms with E-state index < -0.39 is 17.9 Å². The van der Waals surface area contributed by atoms with Gasteiger partial charge in [0.05, 0.1) is 4.88 Å². The largest absolute Gasteiger partial charge is 0.478 e. The van der Waals surface area contributed by atoms with Crippen molar-refractivity contribution in [3.05, 3.63) is 33.5 Å². The molecule has 1 aliphatic heterocycles. The van der Waals surface area contributed by atoms with Crippen molar-refractivity contribution >= 4 is 29.2 Å². The molecule has 0 unspecified atom stereocenters. The van der Waals surface area contributed by atoms with Crippen LogP contribution in [0.3, 0.4) is 0 Å². The van der Waals surface area contributed by atoms with Crippen molar-refractivity contribution in [1.29, 1.82) is 0 Å². The molecule has 1 amide bonds. The Hall–Kier alpha value is -2.37. The van der Waals surface area contributed by atoms with Gasteiger partial charge in [-0.3, -0.25) is 4.79 Å². The first-order chi connectivity index (χ1) is 16.5. The van der Waals surface area contributed by atoms with Gasteiger partial charge in [-0.05, 0) is 50.7 Å². The van der Waals surface area contributed by atoms with Crippen LogP contribution in [0.15, 0.2) is 18.2 Å². The maximum absolute atomic E-state index is 13.3. The van der Waals surface area contributed by atoms with Crippen molar-refractivity contribution < 1.29 is 38.1 Å². The van der Waals surface area contributed by atoms with E-state index in [9.17, 15) is 23.2 Å². The monoisotopic (exact) mass is 514 g/mol. The standard InChI is InChI=1S/C20H28F2N2O2S.C4H4O4/c1-12-15(16-10-17(16)23-14-4-8-26-9-5-14)11-18(27-12)19(25)24-13-2-6-20(21,22)7-3-13;5-3(6)1-2-4(7)8/h11,13-14,16-17,23H,2-10H2,1H3,(H,24,25);1-2H,(H,5,6)(H,7,8)/b;2-1+/t16-,17+;/m1./s1. The first-order valence-corrected chi connectivity index (χ1v) is 12.6. The Bertz CT molecular complexity index is 918. The van der Waals surface area contributed by atoms with E-state index in [1.54, 1.807) is 0 Å². The van der Waals surface area contributed by atoms with Crippen LogP contribution in [-0.2, 0) is 14.3 Å². The molecule has 3 fully saturated rings. The van der Waals surface area contributed by atoms with Crippen molar-refractivity contribution in [2.24, 2.45) is 0 Å². The Labute approximate surface area is 206 Å². The molecule has 2 heterocycles. The van der Waals surface area contributed by atoms with Gasteiger partial charge < -0.3 is 25.6 Å². The van der Waals surface area contributed by atoms with Crippen molar-refractivity contribution in [3.63, 3.8) is 0 Å². The quantitative estimate of drug-likeness (QED) is 0.409. The van der Waals surface area contributed by atoms with E-state index in [4.69, 9.17) is 14.9 Å². The minimum Gasteiger partial charge on any atom is -0.478 e. The molecule has 0 aromatic carbocycles. The zero-order chi connectivity index (χ0) is 25.6. The Kier molecular flexibility index (Phi) is 9.37. The van der Waals surface area contributed by atoms with Crippen molar-refractivity contribution in [2.75, 3.05) is 13.2 Å². The number of ether oxygens (including phenoxy) is 1. The molecule has 0 bridgehead atoms. The number of aryl methyl sites for hydroxylation is 1. The Morgan fingerprint density at radius 2 is 1.66 bits per heavy atom. The van der Waals surface area contributed by atoms with Crippen LogP contribution in [0, 0.1) is 6.92 Å². The molecule has 2 saturated carbocycles. The Morgan fingerprint density at radius 1 is 1.06 bits per heavy atom. The lowest BCUT2D eigenvalue weighted by atomic mass is 9.92. The lowest BCUT2D eigenvalue weighted by molar-refractivity contribution is -0.134. The van der Waals surface area contributed by atoms with Gasteiger partial charge in [0.15, 0.2) is 0 Å². The number of hydrogen-bond donors (Lipinski definition) is 4. The van der Waals surface area contributed by atoms with Gasteiger partial charge >= 0.3 is 11.9 Å². The van der Waals surface area contributed by atoms with Gasteiger partial charge in [0.2, 0.25) is 5.92 Å². The second-order valence-corrected chi connectivity index (χ2v) is 10.5. The second kappa shape index (κ2) is 12.0. The normalized spacial score (nSPS) is 24.4. The predicted octanol–water partition coefficient (Wildman–Crippen LogP) is 3.70. The van der Waals surface area contributed by atoms with Gasteiger partial charge in [-0.1, -0.05) is 0 Å². The van der Waals surface area contributed by atoms with Gasteiger partial charge in [0, 0.05) is 67.1 Å². The maximum atomic E-state index is 13.3. The van der Waals surface area contributed by atoms with Crippen molar-refractivity contribution in [2.45, 2.75) is 81.8 Å². The van der Waals surface area contributed by atoms with E-state index in [-0.39, 0.29) is 24.8 Å². The number of carbonyl (C=O) groups excluding carboxylic acids is 1. The number of alkyl halides is 2. The summed E-state index contributed by atoms with van der Waals surface area (Å²) in [5.41, 5.74) is 1.27. The number of thiophene rings is 1. The van der Waals surface area contributed by atoms with Crippen LogP contribution in [-0.4, -0.2) is 65.3 Å². The number of carboxylic acids is 2. The van der Waals surface area contributed by atoms with Crippen LogP contribution in [0.2, 0.25) is 0 Å². The van der Waals surface area contributed by atoms with E-state index in [0.29, 0.717) is 47.9 Å². The number of carbonyl (C=O) groups is 3. The zero-order valence-electron chi connectivity index (χ0n) is 19.6. The number of aliphatic carboxylic acids is 2. The number of carboxylic acid groups (broad SMARTS) is 2. The zero-order valence-corrected chi connectivity index (χ0v) is 20.4. The van der Waals surface area contributed by atoms with Crippen LogP contribution in [0.5, 0.6) is 0 Å². The number of hydrogen-bond acceptors (Lipinski definition) is 6. The highest BCUT2D eigenvalue weighted by Crippen LogP contribution is 2.45. The molecule has 2 atom stereocenters. The molecule has 1 saturated heterocycles. The minimum absolute atomic E-state index is 0.112. The highest BCUT2D eigenvalue weighted by atomic mass is 32.1. The number of rotatable bonds is 7. The third-order valence-corrected chi connectivity index (χ3v) is 7.53. The summed E-state index contributed by atoms with van der Waals surface area (Å²) < 4.78 is 32.0. The summed E-state index contributed by atoms with van der Waals surface area (Å²) in [6, 6.07) is 2.92. The average molecular weight is 515 g/mol.